The second kappa shape index (κ2) is 6.03. The molecule has 3 rings (SSSR count). The van der Waals surface area contributed by atoms with Crippen LogP contribution in [-0.4, -0.2) is 15.3 Å². The number of hydrogen-bond acceptors (Lipinski definition) is 4. The monoisotopic (exact) mass is 316 g/mol. The summed E-state index contributed by atoms with van der Waals surface area (Å²) in [6.45, 7) is 4.34. The molecule has 2 aromatic heterocycles. The quantitative estimate of drug-likeness (QED) is 0.534. The highest BCUT2D eigenvalue weighted by Gasteiger charge is 2.14. The highest BCUT2D eigenvalue weighted by atomic mass is 32.2. The average molecular weight is 316 g/mol. The third-order valence-electron chi connectivity index (χ3n) is 3.03. The molecule has 2 heterocycles. The normalized spacial score (nSPS) is 11.4. The minimum Gasteiger partial charge on any atom is -0.268 e. The Bertz CT molecular complexity index is 806. The number of thioether (sulfide) groups is 1. The zero-order valence-electron chi connectivity index (χ0n) is 11.9. The zero-order chi connectivity index (χ0) is 14.8. The fourth-order valence-corrected chi connectivity index (χ4v) is 3.81. The summed E-state index contributed by atoms with van der Waals surface area (Å²) in [7, 11) is 0. The molecule has 3 aromatic rings. The third-order valence-corrected chi connectivity index (χ3v) is 5.20. The first-order valence-electron chi connectivity index (χ1n) is 6.85. The minimum atomic E-state index is 0.0127. The number of para-hydroxylation sites is 1. The molecule has 0 aliphatic carbocycles. The van der Waals surface area contributed by atoms with E-state index in [1.807, 2.05) is 41.8 Å². The Balaban J connectivity index is 2.21. The Labute approximate surface area is 131 Å². The van der Waals surface area contributed by atoms with Gasteiger partial charge in [-0.05, 0) is 29.5 Å². The Morgan fingerprint density at radius 3 is 2.71 bits per heavy atom. The fourth-order valence-electron chi connectivity index (χ4n) is 2.04. The van der Waals surface area contributed by atoms with Crippen molar-refractivity contribution in [1.29, 1.82) is 0 Å². The van der Waals surface area contributed by atoms with Gasteiger partial charge in [-0.15, -0.1) is 11.3 Å². The molecular weight excluding hydrogens is 300 g/mol. The van der Waals surface area contributed by atoms with Crippen LogP contribution in [0.5, 0.6) is 0 Å². The Hall–Kier alpha value is -1.59. The van der Waals surface area contributed by atoms with Crippen LogP contribution in [0, 0.1) is 5.92 Å². The van der Waals surface area contributed by atoms with Gasteiger partial charge < -0.3 is 0 Å². The van der Waals surface area contributed by atoms with Gasteiger partial charge in [0.1, 0.15) is 4.83 Å². The van der Waals surface area contributed by atoms with Gasteiger partial charge in [0.05, 0.1) is 11.1 Å². The van der Waals surface area contributed by atoms with Gasteiger partial charge in [-0.25, -0.2) is 4.98 Å². The maximum absolute atomic E-state index is 12.8. The number of aromatic nitrogens is 2. The van der Waals surface area contributed by atoms with E-state index in [4.69, 9.17) is 0 Å². The summed E-state index contributed by atoms with van der Waals surface area (Å²) in [6, 6.07) is 11.6. The van der Waals surface area contributed by atoms with E-state index in [1.165, 1.54) is 11.3 Å². The lowest BCUT2D eigenvalue weighted by atomic mass is 10.3. The van der Waals surface area contributed by atoms with Crippen molar-refractivity contribution < 1.29 is 0 Å². The van der Waals surface area contributed by atoms with Crippen molar-refractivity contribution in [1.82, 2.24) is 9.55 Å². The van der Waals surface area contributed by atoms with E-state index < -0.39 is 0 Å². The number of rotatable bonds is 4. The first-order valence-corrected chi connectivity index (χ1v) is 8.72. The SMILES string of the molecule is CC(C)CSc1nc2sccc2c(=O)n1-c1ccccc1. The molecule has 0 atom stereocenters. The third kappa shape index (κ3) is 2.89. The van der Waals surface area contributed by atoms with E-state index in [9.17, 15) is 4.79 Å². The Morgan fingerprint density at radius 1 is 1.24 bits per heavy atom. The van der Waals surface area contributed by atoms with Crippen molar-refractivity contribution in [3.63, 3.8) is 0 Å². The highest BCUT2D eigenvalue weighted by Crippen LogP contribution is 2.24. The van der Waals surface area contributed by atoms with Crippen LogP contribution < -0.4 is 5.56 Å². The van der Waals surface area contributed by atoms with E-state index in [1.54, 1.807) is 16.3 Å². The molecule has 0 N–H and O–H groups in total. The number of thiophene rings is 1. The lowest BCUT2D eigenvalue weighted by Gasteiger charge is -2.12. The molecule has 0 saturated heterocycles. The molecule has 3 nitrogen and oxygen atoms in total. The van der Waals surface area contributed by atoms with Crippen LogP contribution in [-0.2, 0) is 0 Å². The van der Waals surface area contributed by atoms with Gasteiger partial charge in [-0.3, -0.25) is 9.36 Å². The van der Waals surface area contributed by atoms with Gasteiger partial charge in [0.15, 0.2) is 5.16 Å². The molecule has 0 aliphatic heterocycles. The summed E-state index contributed by atoms with van der Waals surface area (Å²) in [6.07, 6.45) is 0. The van der Waals surface area contributed by atoms with Crippen LogP contribution in [0.3, 0.4) is 0 Å². The maximum Gasteiger partial charge on any atom is 0.267 e. The van der Waals surface area contributed by atoms with E-state index in [-0.39, 0.29) is 5.56 Å². The van der Waals surface area contributed by atoms with Crippen LogP contribution in [0.4, 0.5) is 0 Å². The van der Waals surface area contributed by atoms with Gasteiger partial charge in [0.2, 0.25) is 0 Å². The van der Waals surface area contributed by atoms with Gasteiger partial charge in [0, 0.05) is 5.75 Å². The highest BCUT2D eigenvalue weighted by molar-refractivity contribution is 7.99. The Kier molecular flexibility index (Phi) is 4.12. The molecule has 0 aliphatic rings. The average Bonchev–Trinajstić information content (AvgIpc) is 2.95. The fraction of sp³-hybridized carbons (Fsp3) is 0.250. The molecule has 0 unspecified atom stereocenters. The first-order chi connectivity index (χ1) is 10.2. The molecule has 0 fully saturated rings. The number of fused-ring (bicyclic) bond motifs is 1. The molecule has 0 spiro atoms. The number of nitrogens with zero attached hydrogens (tertiary/aromatic N) is 2. The summed E-state index contributed by atoms with van der Waals surface area (Å²) < 4.78 is 1.72. The first kappa shape index (κ1) is 14.4. The summed E-state index contributed by atoms with van der Waals surface area (Å²) in [5.74, 6) is 1.49. The molecule has 5 heteroatoms. The summed E-state index contributed by atoms with van der Waals surface area (Å²) in [5.41, 5.74) is 0.882. The summed E-state index contributed by atoms with van der Waals surface area (Å²) in [4.78, 5) is 18.3. The molecule has 1 aromatic carbocycles. The topological polar surface area (TPSA) is 34.9 Å². The predicted molar refractivity (Wildman–Crippen MR) is 90.8 cm³/mol. The van der Waals surface area contributed by atoms with E-state index in [0.717, 1.165) is 21.4 Å². The smallest absolute Gasteiger partial charge is 0.267 e. The minimum absolute atomic E-state index is 0.0127. The zero-order valence-corrected chi connectivity index (χ0v) is 13.6. The van der Waals surface area contributed by atoms with Crippen LogP contribution in [0.15, 0.2) is 51.7 Å². The maximum atomic E-state index is 12.8. The van der Waals surface area contributed by atoms with Crippen LogP contribution in [0.25, 0.3) is 15.9 Å². The predicted octanol–water partition coefficient (Wildman–Crippen LogP) is 4.20. The summed E-state index contributed by atoms with van der Waals surface area (Å²) in [5, 5.41) is 3.39. The molecular formula is C16H16N2OS2. The summed E-state index contributed by atoms with van der Waals surface area (Å²) >= 11 is 3.16. The molecule has 0 bridgehead atoms. The second-order valence-corrected chi connectivity index (χ2v) is 7.10. The van der Waals surface area contributed by atoms with Crippen molar-refractivity contribution in [2.75, 3.05) is 5.75 Å². The lowest BCUT2D eigenvalue weighted by Crippen LogP contribution is -2.21. The van der Waals surface area contributed by atoms with Crippen molar-refractivity contribution in [3.8, 4) is 5.69 Å². The van der Waals surface area contributed by atoms with Crippen molar-refractivity contribution >= 4 is 33.3 Å². The van der Waals surface area contributed by atoms with Crippen molar-refractivity contribution in [3.05, 3.63) is 52.1 Å². The second-order valence-electron chi connectivity index (χ2n) is 5.21. The molecule has 0 amide bonds. The van der Waals surface area contributed by atoms with Gasteiger partial charge in [-0.2, -0.15) is 0 Å². The van der Waals surface area contributed by atoms with Crippen LogP contribution >= 0.6 is 23.1 Å². The lowest BCUT2D eigenvalue weighted by molar-refractivity contribution is 0.742. The molecule has 0 saturated carbocycles. The number of hydrogen-bond donors (Lipinski definition) is 0. The van der Waals surface area contributed by atoms with Crippen LogP contribution in [0.1, 0.15) is 13.8 Å². The van der Waals surface area contributed by atoms with E-state index in [0.29, 0.717) is 11.3 Å². The standard InChI is InChI=1S/C16H16N2OS2/c1-11(2)10-21-16-17-14-13(8-9-20-14)15(19)18(16)12-6-4-3-5-7-12/h3-9,11H,10H2,1-2H3. The van der Waals surface area contributed by atoms with Crippen molar-refractivity contribution in [2.24, 2.45) is 5.92 Å². The van der Waals surface area contributed by atoms with Gasteiger partial charge >= 0.3 is 0 Å². The van der Waals surface area contributed by atoms with Gasteiger partial charge in [0.25, 0.3) is 5.56 Å². The van der Waals surface area contributed by atoms with Crippen LogP contribution in [0.2, 0.25) is 0 Å². The molecule has 21 heavy (non-hydrogen) atoms. The van der Waals surface area contributed by atoms with E-state index >= 15 is 0 Å². The molecule has 0 radical (unpaired) electrons. The van der Waals surface area contributed by atoms with Crippen molar-refractivity contribution in [2.45, 2.75) is 19.0 Å². The molecule has 108 valence electrons. The Morgan fingerprint density at radius 2 is 2.00 bits per heavy atom. The van der Waals surface area contributed by atoms with Gasteiger partial charge in [-0.1, -0.05) is 43.8 Å². The number of benzene rings is 1. The largest absolute Gasteiger partial charge is 0.268 e. The van der Waals surface area contributed by atoms with E-state index in [2.05, 4.69) is 18.8 Å².